The standard InChI is InChI=1S/C29H32BrCl2N3O4S/c1-4-15-33-29(37)27(17-21-9-6-5-7-10-21)34(18-23-25(31)11-8-12-26(23)32)28(36)19-35(40(3,38)39)22-13-14-24(30)20(2)16-22/h5-14,16,27H,4,15,17-19H2,1-3H3,(H,33,37)/t27-/m0/s1. The number of rotatable bonds is 12. The number of aryl methyl sites for hydroxylation is 1. The Kier molecular flexibility index (Phi) is 11.5. The molecule has 0 unspecified atom stereocenters. The average Bonchev–Trinajstić information content (AvgIpc) is 2.90. The predicted octanol–water partition coefficient (Wildman–Crippen LogP) is 6.00. The molecule has 40 heavy (non-hydrogen) atoms. The van der Waals surface area contributed by atoms with E-state index in [-0.39, 0.29) is 18.9 Å². The topological polar surface area (TPSA) is 86.8 Å². The number of amides is 2. The van der Waals surface area contributed by atoms with Crippen molar-refractivity contribution in [3.8, 4) is 0 Å². The van der Waals surface area contributed by atoms with Crippen LogP contribution in [-0.4, -0.2) is 50.5 Å². The molecule has 1 atom stereocenters. The molecule has 2 amide bonds. The second kappa shape index (κ2) is 14.3. The lowest BCUT2D eigenvalue weighted by atomic mass is 10.0. The van der Waals surface area contributed by atoms with Crippen molar-refractivity contribution in [2.45, 2.75) is 39.3 Å². The van der Waals surface area contributed by atoms with E-state index >= 15 is 0 Å². The van der Waals surface area contributed by atoms with E-state index in [1.807, 2.05) is 44.2 Å². The van der Waals surface area contributed by atoms with Crippen LogP contribution in [0.25, 0.3) is 0 Å². The molecule has 0 fully saturated rings. The second-order valence-corrected chi connectivity index (χ2v) is 13.0. The molecule has 214 valence electrons. The lowest BCUT2D eigenvalue weighted by molar-refractivity contribution is -0.140. The number of halogens is 3. The fourth-order valence-electron chi connectivity index (χ4n) is 4.17. The van der Waals surface area contributed by atoms with Crippen LogP contribution in [0.1, 0.15) is 30.0 Å². The first-order valence-electron chi connectivity index (χ1n) is 12.7. The summed E-state index contributed by atoms with van der Waals surface area (Å²) >= 11 is 16.4. The van der Waals surface area contributed by atoms with E-state index in [1.165, 1.54) is 4.90 Å². The minimum Gasteiger partial charge on any atom is -0.354 e. The van der Waals surface area contributed by atoms with Gasteiger partial charge >= 0.3 is 0 Å². The van der Waals surface area contributed by atoms with Crippen LogP contribution in [0.5, 0.6) is 0 Å². The molecule has 0 spiro atoms. The van der Waals surface area contributed by atoms with Gasteiger partial charge in [-0.3, -0.25) is 13.9 Å². The van der Waals surface area contributed by atoms with Crippen LogP contribution in [0.2, 0.25) is 10.0 Å². The Bertz CT molecular complexity index is 1430. The summed E-state index contributed by atoms with van der Waals surface area (Å²) in [5.41, 5.74) is 2.44. The summed E-state index contributed by atoms with van der Waals surface area (Å²) in [7, 11) is -3.87. The molecule has 0 heterocycles. The van der Waals surface area contributed by atoms with E-state index in [1.54, 1.807) is 36.4 Å². The molecular weight excluding hydrogens is 637 g/mol. The zero-order chi connectivity index (χ0) is 29.4. The predicted molar refractivity (Wildman–Crippen MR) is 165 cm³/mol. The molecule has 0 radical (unpaired) electrons. The maximum absolute atomic E-state index is 14.1. The third kappa shape index (κ3) is 8.46. The zero-order valence-corrected chi connectivity index (χ0v) is 26.4. The number of carbonyl (C=O) groups is 2. The summed E-state index contributed by atoms with van der Waals surface area (Å²) in [5, 5.41) is 3.57. The van der Waals surface area contributed by atoms with Gasteiger partial charge in [-0.15, -0.1) is 0 Å². The monoisotopic (exact) mass is 667 g/mol. The van der Waals surface area contributed by atoms with Gasteiger partial charge in [0.2, 0.25) is 21.8 Å². The van der Waals surface area contributed by atoms with E-state index < -0.39 is 28.5 Å². The van der Waals surface area contributed by atoms with Crippen molar-refractivity contribution in [1.29, 1.82) is 0 Å². The second-order valence-electron chi connectivity index (χ2n) is 9.42. The molecule has 0 saturated heterocycles. The number of sulfonamides is 1. The van der Waals surface area contributed by atoms with Crippen LogP contribution in [0.4, 0.5) is 5.69 Å². The van der Waals surface area contributed by atoms with Crippen molar-refractivity contribution in [2.24, 2.45) is 0 Å². The smallest absolute Gasteiger partial charge is 0.244 e. The first-order valence-corrected chi connectivity index (χ1v) is 16.1. The van der Waals surface area contributed by atoms with Crippen LogP contribution >= 0.6 is 39.1 Å². The van der Waals surface area contributed by atoms with E-state index in [9.17, 15) is 18.0 Å². The highest BCUT2D eigenvalue weighted by atomic mass is 79.9. The molecule has 0 aliphatic carbocycles. The maximum Gasteiger partial charge on any atom is 0.244 e. The first-order chi connectivity index (χ1) is 18.9. The van der Waals surface area contributed by atoms with E-state index in [2.05, 4.69) is 21.2 Å². The molecule has 1 N–H and O–H groups in total. The minimum atomic E-state index is -3.87. The van der Waals surface area contributed by atoms with Gasteiger partial charge in [-0.1, -0.05) is 82.5 Å². The molecule has 3 aromatic carbocycles. The van der Waals surface area contributed by atoms with Crippen LogP contribution in [0, 0.1) is 6.92 Å². The SMILES string of the molecule is CCCNC(=O)[C@H](Cc1ccccc1)N(Cc1c(Cl)cccc1Cl)C(=O)CN(c1ccc(Br)c(C)c1)S(C)(=O)=O. The molecule has 11 heteroatoms. The number of nitrogens with one attached hydrogen (secondary N) is 1. The van der Waals surface area contributed by atoms with E-state index in [0.717, 1.165) is 26.2 Å². The van der Waals surface area contributed by atoms with Crippen molar-refractivity contribution < 1.29 is 18.0 Å². The molecule has 0 aliphatic heterocycles. The highest BCUT2D eigenvalue weighted by Gasteiger charge is 2.33. The number of hydrogen-bond donors (Lipinski definition) is 1. The summed E-state index contributed by atoms with van der Waals surface area (Å²) in [6, 6.07) is 18.4. The van der Waals surface area contributed by atoms with Gasteiger partial charge < -0.3 is 10.2 Å². The normalized spacial score (nSPS) is 12.1. The van der Waals surface area contributed by atoms with Gasteiger partial charge in [-0.25, -0.2) is 8.42 Å². The first kappa shape index (κ1) is 31.9. The zero-order valence-electron chi connectivity index (χ0n) is 22.5. The molecule has 0 saturated carbocycles. The Morgan fingerprint density at radius 2 is 1.65 bits per heavy atom. The van der Waals surface area contributed by atoms with Crippen molar-refractivity contribution in [3.63, 3.8) is 0 Å². The third-order valence-corrected chi connectivity index (χ3v) is 9.06. The van der Waals surface area contributed by atoms with Gasteiger partial charge in [-0.2, -0.15) is 0 Å². The lowest BCUT2D eigenvalue weighted by Crippen LogP contribution is -2.53. The Labute approximate surface area is 254 Å². The van der Waals surface area contributed by atoms with Crippen LogP contribution in [0.15, 0.2) is 71.2 Å². The molecular formula is C29H32BrCl2N3O4S. The van der Waals surface area contributed by atoms with Gasteiger partial charge in [-0.05, 0) is 54.8 Å². The van der Waals surface area contributed by atoms with Crippen LogP contribution in [-0.2, 0) is 32.6 Å². The van der Waals surface area contributed by atoms with Crippen molar-refractivity contribution in [2.75, 3.05) is 23.7 Å². The van der Waals surface area contributed by atoms with Gasteiger partial charge in [0, 0.05) is 39.6 Å². The van der Waals surface area contributed by atoms with Gasteiger partial charge in [0.1, 0.15) is 12.6 Å². The van der Waals surface area contributed by atoms with Gasteiger partial charge in [0.15, 0.2) is 0 Å². The lowest BCUT2D eigenvalue weighted by Gasteiger charge is -2.34. The van der Waals surface area contributed by atoms with E-state index in [4.69, 9.17) is 23.2 Å². The van der Waals surface area contributed by atoms with Crippen molar-refractivity contribution >= 4 is 66.7 Å². The summed E-state index contributed by atoms with van der Waals surface area (Å²) in [6.07, 6.45) is 1.96. The van der Waals surface area contributed by atoms with Crippen LogP contribution in [0.3, 0.4) is 0 Å². The Morgan fingerprint density at radius 3 is 2.23 bits per heavy atom. The molecule has 0 aromatic heterocycles. The fourth-order valence-corrected chi connectivity index (χ4v) is 5.78. The average molecular weight is 669 g/mol. The summed E-state index contributed by atoms with van der Waals surface area (Å²) in [4.78, 5) is 29.0. The molecule has 7 nitrogen and oxygen atoms in total. The summed E-state index contributed by atoms with van der Waals surface area (Å²) < 4.78 is 27.7. The Hall–Kier alpha value is -2.59. The van der Waals surface area contributed by atoms with Crippen molar-refractivity contribution in [1.82, 2.24) is 10.2 Å². The van der Waals surface area contributed by atoms with Crippen LogP contribution < -0.4 is 9.62 Å². The summed E-state index contributed by atoms with van der Waals surface area (Å²) in [5.74, 6) is -0.929. The number of anilines is 1. The van der Waals surface area contributed by atoms with E-state index in [0.29, 0.717) is 34.3 Å². The maximum atomic E-state index is 14.1. The van der Waals surface area contributed by atoms with Gasteiger partial charge in [0.05, 0.1) is 11.9 Å². The Balaban J connectivity index is 2.10. The molecule has 3 aromatic rings. The summed E-state index contributed by atoms with van der Waals surface area (Å²) in [6.45, 7) is 3.57. The number of benzene rings is 3. The highest BCUT2D eigenvalue weighted by Crippen LogP contribution is 2.29. The fraction of sp³-hybridized carbons (Fsp3) is 0.310. The molecule has 0 bridgehead atoms. The third-order valence-electron chi connectivity index (χ3n) is 6.32. The minimum absolute atomic E-state index is 0.0919. The number of hydrogen-bond acceptors (Lipinski definition) is 4. The highest BCUT2D eigenvalue weighted by molar-refractivity contribution is 9.10. The Morgan fingerprint density at radius 1 is 1.00 bits per heavy atom. The van der Waals surface area contributed by atoms with Gasteiger partial charge in [0.25, 0.3) is 0 Å². The quantitative estimate of drug-likeness (QED) is 0.257. The largest absolute Gasteiger partial charge is 0.354 e. The number of nitrogens with zero attached hydrogens (tertiary/aromatic N) is 2. The molecule has 3 rings (SSSR count). The number of carbonyl (C=O) groups excluding carboxylic acids is 2. The molecule has 0 aliphatic rings. The van der Waals surface area contributed by atoms with Crippen molar-refractivity contribution in [3.05, 3.63) is 97.9 Å².